The van der Waals surface area contributed by atoms with E-state index in [0.29, 0.717) is 12.8 Å². The summed E-state index contributed by atoms with van der Waals surface area (Å²) in [6, 6.07) is -1.10. The van der Waals surface area contributed by atoms with E-state index in [9.17, 15) is 22.9 Å². The molecule has 0 aromatic rings. The lowest BCUT2D eigenvalue weighted by atomic mass is 10.1. The average Bonchev–Trinajstić information content (AvgIpc) is 3.16. The summed E-state index contributed by atoms with van der Waals surface area (Å²) in [6.45, 7) is 4.40. The number of nitrogens with one attached hydrogen (secondary N) is 1. The zero-order valence-electron chi connectivity index (χ0n) is 35.5. The Labute approximate surface area is 344 Å². The molecule has 56 heavy (non-hydrogen) atoms. The van der Waals surface area contributed by atoms with Gasteiger partial charge in [0, 0.05) is 6.42 Å². The molecule has 0 bridgehead atoms. The summed E-state index contributed by atoms with van der Waals surface area (Å²) < 4.78 is 32.5. The Bertz CT molecular complexity index is 1290. The molecule has 0 saturated carbocycles. The van der Waals surface area contributed by atoms with E-state index in [0.717, 1.165) is 89.9 Å². The van der Waals surface area contributed by atoms with Crippen LogP contribution < -0.4 is 5.32 Å². The van der Waals surface area contributed by atoms with Crippen LogP contribution in [0, 0.1) is 0 Å². The number of amides is 1. The Balaban J connectivity index is 4.06. The Morgan fingerprint density at radius 3 is 1.34 bits per heavy atom. The number of aliphatic hydroxyl groups excluding tert-OH is 1. The summed E-state index contributed by atoms with van der Waals surface area (Å²) in [7, 11) is -4.38. The molecule has 6 nitrogen and oxygen atoms in total. The third kappa shape index (κ3) is 42.1. The quantitative estimate of drug-likeness (QED) is 0.0328. The van der Waals surface area contributed by atoms with Crippen LogP contribution in [0.2, 0.25) is 0 Å². The topological polar surface area (TPSA) is 104 Å². The van der Waals surface area contributed by atoms with E-state index in [4.69, 9.17) is 0 Å². The van der Waals surface area contributed by atoms with Crippen LogP contribution in [-0.4, -0.2) is 41.9 Å². The zero-order chi connectivity index (χ0) is 41.1. The zero-order valence-corrected chi connectivity index (χ0v) is 36.3. The molecule has 0 aliphatic rings. The number of hydrogen-bond acceptors (Lipinski definition) is 4. The number of hydrogen-bond donors (Lipinski definition) is 3. The number of carbonyl (C=O) groups is 1. The summed E-state index contributed by atoms with van der Waals surface area (Å²) in [4.78, 5) is 12.5. The fourth-order valence-corrected chi connectivity index (χ4v) is 6.63. The van der Waals surface area contributed by atoms with Gasteiger partial charge >= 0.3 is 0 Å². The first-order chi connectivity index (χ1) is 27.3. The maximum absolute atomic E-state index is 12.5. The third-order valence-electron chi connectivity index (χ3n) is 9.16. The fourth-order valence-electron chi connectivity index (χ4n) is 5.89. The van der Waals surface area contributed by atoms with Gasteiger partial charge in [-0.05, 0) is 96.3 Å². The SMILES string of the molecule is CC/C=C\C/C=C\C/C=C\C/C=C\C/C=C\C/C=C\CCCCCCC(=O)NC(CS(=O)(=O)O)C(O)/C=C/CC/C=C/CC/C=C/CCCCCCCCCC. The van der Waals surface area contributed by atoms with E-state index in [1.165, 1.54) is 57.4 Å². The summed E-state index contributed by atoms with van der Waals surface area (Å²) in [6.07, 6.45) is 63.6. The molecule has 0 heterocycles. The second kappa shape index (κ2) is 41.6. The second-order valence-electron chi connectivity index (χ2n) is 14.6. The standard InChI is InChI=1S/C49H81NO5S/c1-3-5-7-9-11-13-15-17-19-21-23-24-25-26-27-29-31-33-35-37-39-41-43-45-49(52)50-47(46-56(53,54)55)48(51)44-42-40-38-36-34-32-30-28-22-20-18-16-14-12-10-8-6-4-2/h5,7,11,13,17,19,22-24,26-28,31,33-34,36,42,44,47-48,51H,3-4,6,8-10,12,14-16,18,20-21,25,29-30,32,35,37-41,43,45-46H2,1-2H3,(H,50,52)(H,53,54,55)/b7-5-,13-11-,19-17-,24-23-,27-26-,28-22+,33-31-,36-34+,44-42+. The van der Waals surface area contributed by atoms with Crippen molar-refractivity contribution in [3.8, 4) is 0 Å². The minimum atomic E-state index is -4.38. The van der Waals surface area contributed by atoms with E-state index in [1.54, 1.807) is 6.08 Å². The molecule has 0 aromatic carbocycles. The van der Waals surface area contributed by atoms with Crippen molar-refractivity contribution < 1.29 is 22.9 Å². The first-order valence-corrected chi connectivity index (χ1v) is 23.7. The normalized spacial score (nSPS) is 14.3. The Morgan fingerprint density at radius 2 is 0.875 bits per heavy atom. The van der Waals surface area contributed by atoms with Crippen molar-refractivity contribution in [1.82, 2.24) is 5.32 Å². The average molecular weight is 796 g/mol. The molecule has 2 unspecified atom stereocenters. The van der Waals surface area contributed by atoms with Gasteiger partial charge in [0.2, 0.25) is 5.91 Å². The van der Waals surface area contributed by atoms with Gasteiger partial charge in [-0.3, -0.25) is 9.35 Å². The molecule has 0 fully saturated rings. The predicted molar refractivity (Wildman–Crippen MR) is 243 cm³/mol. The smallest absolute Gasteiger partial charge is 0.267 e. The highest BCUT2D eigenvalue weighted by Crippen LogP contribution is 2.11. The Hall–Kier alpha value is -3.00. The van der Waals surface area contributed by atoms with Gasteiger partial charge in [0.15, 0.2) is 0 Å². The van der Waals surface area contributed by atoms with Crippen LogP contribution >= 0.6 is 0 Å². The van der Waals surface area contributed by atoms with Crippen LogP contribution in [0.15, 0.2) is 109 Å². The molecule has 7 heteroatoms. The molecule has 0 radical (unpaired) electrons. The van der Waals surface area contributed by atoms with Crippen molar-refractivity contribution in [2.45, 2.75) is 187 Å². The van der Waals surface area contributed by atoms with E-state index in [1.807, 2.05) is 0 Å². The number of carbonyl (C=O) groups excluding carboxylic acids is 1. The summed E-state index contributed by atoms with van der Waals surface area (Å²) in [5.74, 6) is -1.05. The molecule has 0 aliphatic carbocycles. The predicted octanol–water partition coefficient (Wildman–Crippen LogP) is 13.5. The van der Waals surface area contributed by atoms with Crippen molar-refractivity contribution >= 4 is 16.0 Å². The summed E-state index contributed by atoms with van der Waals surface area (Å²) in [5, 5.41) is 13.2. The van der Waals surface area contributed by atoms with Crippen LogP contribution in [-0.2, 0) is 14.9 Å². The lowest BCUT2D eigenvalue weighted by Crippen LogP contribution is -2.46. The van der Waals surface area contributed by atoms with Crippen LogP contribution in [0.4, 0.5) is 0 Å². The molecule has 2 atom stereocenters. The lowest BCUT2D eigenvalue weighted by Gasteiger charge is -2.21. The lowest BCUT2D eigenvalue weighted by molar-refractivity contribution is -0.122. The number of rotatable bonds is 38. The molecule has 3 N–H and O–H groups in total. The maximum Gasteiger partial charge on any atom is 0.267 e. The van der Waals surface area contributed by atoms with Crippen molar-refractivity contribution in [2.75, 3.05) is 5.75 Å². The van der Waals surface area contributed by atoms with Gasteiger partial charge in [-0.15, -0.1) is 0 Å². The van der Waals surface area contributed by atoms with Crippen molar-refractivity contribution in [3.63, 3.8) is 0 Å². The van der Waals surface area contributed by atoms with E-state index in [-0.39, 0.29) is 12.3 Å². The maximum atomic E-state index is 12.5. The highest BCUT2D eigenvalue weighted by atomic mass is 32.2. The molecular weight excluding hydrogens is 715 g/mol. The van der Waals surface area contributed by atoms with Crippen molar-refractivity contribution in [3.05, 3.63) is 109 Å². The highest BCUT2D eigenvalue weighted by Gasteiger charge is 2.24. The monoisotopic (exact) mass is 796 g/mol. The molecule has 0 spiro atoms. The second-order valence-corrected chi connectivity index (χ2v) is 16.1. The molecule has 0 aliphatic heterocycles. The first-order valence-electron chi connectivity index (χ1n) is 22.1. The first kappa shape index (κ1) is 53.0. The summed E-state index contributed by atoms with van der Waals surface area (Å²) in [5.41, 5.74) is 0. The fraction of sp³-hybridized carbons (Fsp3) is 0.612. The molecule has 318 valence electrons. The van der Waals surface area contributed by atoms with E-state index in [2.05, 4.69) is 116 Å². The third-order valence-corrected chi connectivity index (χ3v) is 9.94. The highest BCUT2D eigenvalue weighted by molar-refractivity contribution is 7.85. The van der Waals surface area contributed by atoms with Gasteiger partial charge in [0.1, 0.15) is 0 Å². The largest absolute Gasteiger partial charge is 0.387 e. The van der Waals surface area contributed by atoms with Gasteiger partial charge in [0.25, 0.3) is 10.1 Å². The van der Waals surface area contributed by atoms with Crippen LogP contribution in [0.25, 0.3) is 0 Å². The van der Waals surface area contributed by atoms with Gasteiger partial charge in [-0.1, -0.05) is 181 Å². The van der Waals surface area contributed by atoms with Gasteiger partial charge in [0.05, 0.1) is 17.9 Å². The molecule has 0 rings (SSSR count). The van der Waals surface area contributed by atoms with Crippen LogP contribution in [0.3, 0.4) is 0 Å². The Morgan fingerprint density at radius 1 is 0.500 bits per heavy atom. The van der Waals surface area contributed by atoms with E-state index >= 15 is 0 Å². The van der Waals surface area contributed by atoms with Crippen LogP contribution in [0.1, 0.15) is 174 Å². The van der Waals surface area contributed by atoms with Crippen LogP contribution in [0.5, 0.6) is 0 Å². The summed E-state index contributed by atoms with van der Waals surface area (Å²) >= 11 is 0. The Kier molecular flexibility index (Phi) is 39.4. The number of unbranched alkanes of at least 4 members (excludes halogenated alkanes) is 14. The van der Waals surface area contributed by atoms with E-state index < -0.39 is 28.0 Å². The van der Waals surface area contributed by atoms with Gasteiger partial charge in [-0.2, -0.15) is 8.42 Å². The van der Waals surface area contributed by atoms with Gasteiger partial charge in [-0.25, -0.2) is 0 Å². The number of allylic oxidation sites excluding steroid dienone is 17. The van der Waals surface area contributed by atoms with Crippen molar-refractivity contribution in [2.24, 2.45) is 0 Å². The molecule has 0 saturated heterocycles. The molecule has 0 aromatic heterocycles. The number of aliphatic hydroxyl groups is 1. The minimum Gasteiger partial charge on any atom is -0.387 e. The minimum absolute atomic E-state index is 0.248. The molecule has 1 amide bonds. The van der Waals surface area contributed by atoms with Crippen molar-refractivity contribution in [1.29, 1.82) is 0 Å². The molecular formula is C49H81NO5S. The van der Waals surface area contributed by atoms with Gasteiger partial charge < -0.3 is 10.4 Å².